The summed E-state index contributed by atoms with van der Waals surface area (Å²) < 4.78 is 10.2. The number of carbonyl (C=O) groups is 2. The molecule has 0 spiro atoms. The molecule has 1 aromatic carbocycles. The second-order valence-electron chi connectivity index (χ2n) is 3.96. The number of hydrogen-bond acceptors (Lipinski definition) is 4. The largest absolute Gasteiger partial charge is 0.495 e. The summed E-state index contributed by atoms with van der Waals surface area (Å²) in [7, 11) is 1.50. The molecule has 0 radical (unpaired) electrons. The lowest BCUT2D eigenvalue weighted by Crippen LogP contribution is -2.36. The minimum Gasteiger partial charge on any atom is -0.495 e. The minimum atomic E-state index is -0.717. The number of anilines is 1. The van der Waals surface area contributed by atoms with Crippen molar-refractivity contribution in [3.8, 4) is 5.75 Å². The Labute approximate surface area is 118 Å². The SMILES string of the molecule is CCOCCCNC(=O)C(=O)Nc1ccccc1OC. The zero-order valence-corrected chi connectivity index (χ0v) is 11.8. The Morgan fingerprint density at radius 2 is 1.95 bits per heavy atom. The Morgan fingerprint density at radius 1 is 1.20 bits per heavy atom. The molecule has 0 aliphatic carbocycles. The summed E-state index contributed by atoms with van der Waals surface area (Å²) in [5.74, 6) is -0.886. The highest BCUT2D eigenvalue weighted by atomic mass is 16.5. The summed E-state index contributed by atoms with van der Waals surface area (Å²) in [6.45, 7) is 3.50. The summed E-state index contributed by atoms with van der Waals surface area (Å²) in [4.78, 5) is 23.3. The van der Waals surface area contributed by atoms with Crippen molar-refractivity contribution >= 4 is 17.5 Å². The number of amides is 2. The van der Waals surface area contributed by atoms with Crippen LogP contribution >= 0.6 is 0 Å². The molecular weight excluding hydrogens is 260 g/mol. The van der Waals surface area contributed by atoms with E-state index in [9.17, 15) is 9.59 Å². The van der Waals surface area contributed by atoms with E-state index in [0.717, 1.165) is 0 Å². The number of methoxy groups -OCH3 is 1. The van der Waals surface area contributed by atoms with Crippen LogP contribution in [0.25, 0.3) is 0 Å². The number of carbonyl (C=O) groups excluding carboxylic acids is 2. The first-order valence-electron chi connectivity index (χ1n) is 6.49. The lowest BCUT2D eigenvalue weighted by molar-refractivity contribution is -0.136. The molecule has 0 heterocycles. The van der Waals surface area contributed by atoms with E-state index in [4.69, 9.17) is 9.47 Å². The van der Waals surface area contributed by atoms with Gasteiger partial charge < -0.3 is 20.1 Å². The molecule has 6 heteroatoms. The van der Waals surface area contributed by atoms with Gasteiger partial charge in [-0.1, -0.05) is 12.1 Å². The zero-order valence-electron chi connectivity index (χ0n) is 11.8. The highest BCUT2D eigenvalue weighted by Gasteiger charge is 2.14. The van der Waals surface area contributed by atoms with Gasteiger partial charge in [0.2, 0.25) is 0 Å². The predicted molar refractivity (Wildman–Crippen MR) is 75.7 cm³/mol. The molecular formula is C14H20N2O4. The quantitative estimate of drug-likeness (QED) is 0.581. The molecule has 110 valence electrons. The molecule has 2 amide bonds. The van der Waals surface area contributed by atoms with Gasteiger partial charge >= 0.3 is 11.8 Å². The van der Waals surface area contributed by atoms with Crippen LogP contribution in [0.5, 0.6) is 5.75 Å². The fraction of sp³-hybridized carbons (Fsp3) is 0.429. The predicted octanol–water partition coefficient (Wildman–Crippen LogP) is 1.18. The Bertz CT molecular complexity index is 449. The Kier molecular flexibility index (Phi) is 7.13. The van der Waals surface area contributed by atoms with Gasteiger partial charge in [-0.3, -0.25) is 9.59 Å². The molecule has 0 bridgehead atoms. The second kappa shape index (κ2) is 8.92. The molecule has 1 rings (SSSR count). The van der Waals surface area contributed by atoms with Crippen LogP contribution in [0, 0.1) is 0 Å². The molecule has 0 saturated heterocycles. The maximum absolute atomic E-state index is 11.7. The maximum atomic E-state index is 11.7. The second-order valence-corrected chi connectivity index (χ2v) is 3.96. The van der Waals surface area contributed by atoms with Crippen molar-refractivity contribution in [1.82, 2.24) is 5.32 Å². The molecule has 20 heavy (non-hydrogen) atoms. The molecule has 0 fully saturated rings. The number of ether oxygens (including phenoxy) is 2. The molecule has 0 saturated carbocycles. The van der Waals surface area contributed by atoms with Crippen LogP contribution < -0.4 is 15.4 Å². The summed E-state index contributed by atoms with van der Waals surface area (Å²) in [6, 6.07) is 6.90. The zero-order chi connectivity index (χ0) is 14.8. The van der Waals surface area contributed by atoms with Crippen LogP contribution in [-0.4, -0.2) is 38.7 Å². The minimum absolute atomic E-state index is 0.401. The molecule has 0 aliphatic rings. The monoisotopic (exact) mass is 280 g/mol. The third-order valence-corrected chi connectivity index (χ3v) is 2.52. The van der Waals surface area contributed by atoms with Crippen molar-refractivity contribution in [3.63, 3.8) is 0 Å². The lowest BCUT2D eigenvalue weighted by atomic mass is 10.3. The van der Waals surface area contributed by atoms with E-state index in [1.54, 1.807) is 24.3 Å². The molecule has 1 aromatic rings. The normalized spacial score (nSPS) is 9.90. The van der Waals surface area contributed by atoms with Crippen molar-refractivity contribution < 1.29 is 19.1 Å². The van der Waals surface area contributed by atoms with Gasteiger partial charge in [0.15, 0.2) is 0 Å². The standard InChI is InChI=1S/C14H20N2O4/c1-3-20-10-6-9-15-13(17)14(18)16-11-7-4-5-8-12(11)19-2/h4-5,7-8H,3,6,9-10H2,1-2H3,(H,15,17)(H,16,18). The van der Waals surface area contributed by atoms with Crippen molar-refractivity contribution in [2.45, 2.75) is 13.3 Å². The Balaban J connectivity index is 2.40. The molecule has 2 N–H and O–H groups in total. The van der Waals surface area contributed by atoms with Gasteiger partial charge in [-0.25, -0.2) is 0 Å². The first kappa shape index (κ1) is 16.0. The summed E-state index contributed by atoms with van der Waals surface area (Å²) in [5.41, 5.74) is 0.462. The lowest BCUT2D eigenvalue weighted by Gasteiger charge is -2.09. The average Bonchev–Trinajstić information content (AvgIpc) is 2.47. The number of para-hydroxylation sites is 2. The smallest absolute Gasteiger partial charge is 0.313 e. The molecule has 6 nitrogen and oxygen atoms in total. The molecule has 0 unspecified atom stereocenters. The first-order valence-corrected chi connectivity index (χ1v) is 6.49. The van der Waals surface area contributed by atoms with E-state index in [1.165, 1.54) is 7.11 Å². The summed E-state index contributed by atoms with van der Waals surface area (Å²) >= 11 is 0. The van der Waals surface area contributed by atoms with E-state index in [1.807, 2.05) is 6.92 Å². The number of hydrogen-bond donors (Lipinski definition) is 2. The van der Waals surface area contributed by atoms with Gasteiger partial charge in [0.25, 0.3) is 0 Å². The summed E-state index contributed by atoms with van der Waals surface area (Å²) in [5, 5.41) is 5.03. The Hall–Kier alpha value is -2.08. The van der Waals surface area contributed by atoms with E-state index in [2.05, 4.69) is 10.6 Å². The first-order chi connectivity index (χ1) is 9.69. The van der Waals surface area contributed by atoms with E-state index in [-0.39, 0.29) is 0 Å². The third kappa shape index (κ3) is 5.27. The van der Waals surface area contributed by atoms with E-state index >= 15 is 0 Å². The van der Waals surface area contributed by atoms with E-state index in [0.29, 0.717) is 37.6 Å². The fourth-order valence-electron chi connectivity index (χ4n) is 1.53. The highest BCUT2D eigenvalue weighted by molar-refractivity contribution is 6.39. The van der Waals surface area contributed by atoms with Crippen molar-refractivity contribution in [3.05, 3.63) is 24.3 Å². The van der Waals surface area contributed by atoms with Crippen LogP contribution in [0.3, 0.4) is 0 Å². The number of rotatable bonds is 7. The maximum Gasteiger partial charge on any atom is 0.313 e. The van der Waals surface area contributed by atoms with Gasteiger partial charge in [0, 0.05) is 19.8 Å². The van der Waals surface area contributed by atoms with Crippen LogP contribution in [0.2, 0.25) is 0 Å². The third-order valence-electron chi connectivity index (χ3n) is 2.52. The average molecular weight is 280 g/mol. The molecule has 0 aromatic heterocycles. The van der Waals surface area contributed by atoms with Crippen LogP contribution in [0.1, 0.15) is 13.3 Å². The van der Waals surface area contributed by atoms with Crippen LogP contribution in [0.15, 0.2) is 24.3 Å². The van der Waals surface area contributed by atoms with Gasteiger partial charge in [0.05, 0.1) is 12.8 Å². The van der Waals surface area contributed by atoms with Gasteiger partial charge in [-0.2, -0.15) is 0 Å². The van der Waals surface area contributed by atoms with Gasteiger partial charge in [0.1, 0.15) is 5.75 Å². The summed E-state index contributed by atoms with van der Waals surface area (Å²) in [6.07, 6.45) is 0.668. The molecule has 0 atom stereocenters. The van der Waals surface area contributed by atoms with Gasteiger partial charge in [-0.15, -0.1) is 0 Å². The van der Waals surface area contributed by atoms with Gasteiger partial charge in [-0.05, 0) is 25.5 Å². The number of nitrogens with one attached hydrogen (secondary N) is 2. The van der Waals surface area contributed by atoms with Crippen molar-refractivity contribution in [1.29, 1.82) is 0 Å². The molecule has 0 aliphatic heterocycles. The number of benzene rings is 1. The van der Waals surface area contributed by atoms with Crippen LogP contribution in [0.4, 0.5) is 5.69 Å². The Morgan fingerprint density at radius 3 is 2.65 bits per heavy atom. The highest BCUT2D eigenvalue weighted by Crippen LogP contribution is 2.22. The van der Waals surface area contributed by atoms with Crippen molar-refractivity contribution in [2.24, 2.45) is 0 Å². The topological polar surface area (TPSA) is 76.7 Å². The van der Waals surface area contributed by atoms with Crippen molar-refractivity contribution in [2.75, 3.05) is 32.2 Å². The fourth-order valence-corrected chi connectivity index (χ4v) is 1.53. The van der Waals surface area contributed by atoms with E-state index < -0.39 is 11.8 Å². The van der Waals surface area contributed by atoms with Crippen LogP contribution in [-0.2, 0) is 14.3 Å².